The first-order valence-electron chi connectivity index (χ1n) is 8.04. The molecule has 1 spiro atoms. The van der Waals surface area contributed by atoms with E-state index in [9.17, 15) is 0 Å². The molecule has 0 radical (unpaired) electrons. The smallest absolute Gasteiger partial charge is 0.115 e. The van der Waals surface area contributed by atoms with Gasteiger partial charge in [-0.05, 0) is 25.7 Å². The Bertz CT molecular complexity index is 496. The van der Waals surface area contributed by atoms with Crippen LogP contribution in [0.2, 0.25) is 0 Å². The molecule has 2 fully saturated rings. The molecule has 4 nitrogen and oxygen atoms in total. The molecule has 0 aromatic carbocycles. The van der Waals surface area contributed by atoms with Crippen molar-refractivity contribution in [2.45, 2.75) is 63.0 Å². The molecule has 1 aromatic heterocycles. The second-order valence-electron chi connectivity index (χ2n) is 6.54. The lowest BCUT2D eigenvalue weighted by atomic mass is 9.81. The van der Waals surface area contributed by atoms with Crippen LogP contribution >= 0.6 is 0 Å². The lowest BCUT2D eigenvalue weighted by Gasteiger charge is -2.39. The highest BCUT2D eigenvalue weighted by molar-refractivity contribution is 5.30. The van der Waals surface area contributed by atoms with Gasteiger partial charge in [0.1, 0.15) is 6.33 Å². The zero-order valence-corrected chi connectivity index (χ0v) is 12.0. The fourth-order valence-electron chi connectivity index (χ4n) is 4.27. The third kappa shape index (κ3) is 2.15. The van der Waals surface area contributed by atoms with Crippen LogP contribution in [-0.2, 0) is 17.7 Å². The summed E-state index contributed by atoms with van der Waals surface area (Å²) in [5.41, 5.74) is 4.11. The molecule has 0 bridgehead atoms. The van der Waals surface area contributed by atoms with Gasteiger partial charge in [-0.1, -0.05) is 12.8 Å². The fourth-order valence-corrected chi connectivity index (χ4v) is 4.27. The number of aromatic nitrogens is 2. The van der Waals surface area contributed by atoms with Crippen molar-refractivity contribution in [3.8, 4) is 0 Å². The highest BCUT2D eigenvalue weighted by atomic mass is 16.5. The molecule has 108 valence electrons. The van der Waals surface area contributed by atoms with Gasteiger partial charge in [0.25, 0.3) is 0 Å². The zero-order valence-electron chi connectivity index (χ0n) is 12.0. The lowest BCUT2D eigenvalue weighted by molar-refractivity contribution is -0.0810. The van der Waals surface area contributed by atoms with Crippen LogP contribution in [0.4, 0.5) is 0 Å². The van der Waals surface area contributed by atoms with Crippen molar-refractivity contribution in [1.82, 2.24) is 15.3 Å². The average molecular weight is 273 g/mol. The Balaban J connectivity index is 1.64. The van der Waals surface area contributed by atoms with Gasteiger partial charge in [0.2, 0.25) is 0 Å². The van der Waals surface area contributed by atoms with Crippen molar-refractivity contribution in [2.75, 3.05) is 13.2 Å². The average Bonchev–Trinajstić information content (AvgIpc) is 2.94. The SMILES string of the molecule is c1nc2c(c(C3CCOC4(CCCC4)C3)n1)CNCC2. The lowest BCUT2D eigenvalue weighted by Crippen LogP contribution is -2.37. The van der Waals surface area contributed by atoms with Crippen LogP contribution in [0.25, 0.3) is 0 Å². The number of hydrogen-bond donors (Lipinski definition) is 1. The van der Waals surface area contributed by atoms with E-state index in [0.29, 0.717) is 5.92 Å². The second-order valence-corrected chi connectivity index (χ2v) is 6.54. The summed E-state index contributed by atoms with van der Waals surface area (Å²) < 4.78 is 6.16. The zero-order chi connectivity index (χ0) is 13.4. The molecule has 1 atom stereocenters. The van der Waals surface area contributed by atoms with Crippen LogP contribution < -0.4 is 5.32 Å². The molecule has 0 amide bonds. The molecule has 20 heavy (non-hydrogen) atoms. The molecule has 1 aliphatic carbocycles. The van der Waals surface area contributed by atoms with E-state index >= 15 is 0 Å². The van der Waals surface area contributed by atoms with E-state index in [4.69, 9.17) is 4.74 Å². The summed E-state index contributed by atoms with van der Waals surface area (Å²) in [6.45, 7) is 2.88. The molecule has 1 aromatic rings. The summed E-state index contributed by atoms with van der Waals surface area (Å²) in [5, 5.41) is 3.47. The molecule has 2 aliphatic heterocycles. The predicted molar refractivity (Wildman–Crippen MR) is 76.6 cm³/mol. The van der Waals surface area contributed by atoms with Crippen molar-refractivity contribution in [2.24, 2.45) is 0 Å². The van der Waals surface area contributed by atoms with Crippen molar-refractivity contribution >= 4 is 0 Å². The summed E-state index contributed by atoms with van der Waals surface area (Å²) in [4.78, 5) is 9.14. The summed E-state index contributed by atoms with van der Waals surface area (Å²) in [6.07, 6.45) is 10.2. The Hall–Kier alpha value is -1.00. The molecular formula is C16H23N3O. The van der Waals surface area contributed by atoms with Gasteiger partial charge in [-0.25, -0.2) is 9.97 Å². The van der Waals surface area contributed by atoms with Gasteiger partial charge < -0.3 is 10.1 Å². The molecule has 3 aliphatic rings. The van der Waals surface area contributed by atoms with E-state index in [1.54, 1.807) is 6.33 Å². The highest BCUT2D eigenvalue weighted by Gasteiger charge is 2.41. The highest BCUT2D eigenvalue weighted by Crippen LogP contribution is 2.45. The van der Waals surface area contributed by atoms with Gasteiger partial charge in [-0.15, -0.1) is 0 Å². The minimum Gasteiger partial charge on any atom is -0.375 e. The minimum atomic E-state index is 0.169. The molecule has 1 N–H and O–H groups in total. The topological polar surface area (TPSA) is 47.0 Å². The molecule has 4 heteroatoms. The van der Waals surface area contributed by atoms with Crippen molar-refractivity contribution in [1.29, 1.82) is 0 Å². The fraction of sp³-hybridized carbons (Fsp3) is 0.750. The van der Waals surface area contributed by atoms with Crippen LogP contribution in [0.5, 0.6) is 0 Å². The number of ether oxygens (including phenoxy) is 1. The maximum absolute atomic E-state index is 6.16. The maximum Gasteiger partial charge on any atom is 0.115 e. The van der Waals surface area contributed by atoms with Crippen molar-refractivity contribution < 1.29 is 4.74 Å². The third-order valence-electron chi connectivity index (χ3n) is 5.30. The number of hydrogen-bond acceptors (Lipinski definition) is 4. The first-order chi connectivity index (χ1) is 9.86. The largest absolute Gasteiger partial charge is 0.375 e. The van der Waals surface area contributed by atoms with Crippen LogP contribution in [0.3, 0.4) is 0 Å². The molecule has 1 unspecified atom stereocenters. The van der Waals surface area contributed by atoms with Crippen LogP contribution in [0.15, 0.2) is 6.33 Å². The number of rotatable bonds is 1. The van der Waals surface area contributed by atoms with E-state index in [2.05, 4.69) is 15.3 Å². The van der Waals surface area contributed by atoms with Crippen molar-refractivity contribution in [3.05, 3.63) is 23.3 Å². The summed E-state index contributed by atoms with van der Waals surface area (Å²) in [6, 6.07) is 0. The first-order valence-corrected chi connectivity index (χ1v) is 8.04. The van der Waals surface area contributed by atoms with E-state index in [1.807, 2.05) is 0 Å². The summed E-state index contributed by atoms with van der Waals surface area (Å²) in [5.74, 6) is 0.568. The number of nitrogens with zero attached hydrogens (tertiary/aromatic N) is 2. The molecule has 3 heterocycles. The van der Waals surface area contributed by atoms with Gasteiger partial charge in [0, 0.05) is 43.3 Å². The van der Waals surface area contributed by atoms with E-state index in [-0.39, 0.29) is 5.60 Å². The van der Waals surface area contributed by atoms with Gasteiger partial charge in [-0.2, -0.15) is 0 Å². The second kappa shape index (κ2) is 5.08. The number of fused-ring (bicyclic) bond motifs is 1. The Morgan fingerprint density at radius 3 is 3.05 bits per heavy atom. The van der Waals surface area contributed by atoms with Crippen molar-refractivity contribution in [3.63, 3.8) is 0 Å². The molecule has 4 rings (SSSR count). The van der Waals surface area contributed by atoms with Crippen LogP contribution in [-0.4, -0.2) is 28.7 Å². The Kier molecular flexibility index (Phi) is 3.23. The van der Waals surface area contributed by atoms with Gasteiger partial charge in [-0.3, -0.25) is 0 Å². The van der Waals surface area contributed by atoms with Crippen LogP contribution in [0, 0.1) is 0 Å². The molecule has 1 saturated carbocycles. The Labute approximate surface area is 120 Å². The Morgan fingerprint density at radius 1 is 1.25 bits per heavy atom. The normalized spacial score (nSPS) is 28.5. The standard InChI is InChI=1S/C16H23N3O/c1-2-6-16(5-1)9-12(4-8-20-16)15-13-10-17-7-3-14(13)18-11-19-15/h11-12,17H,1-10H2. The van der Waals surface area contributed by atoms with E-state index < -0.39 is 0 Å². The quantitative estimate of drug-likeness (QED) is 0.853. The van der Waals surface area contributed by atoms with Gasteiger partial charge in [0.05, 0.1) is 11.3 Å². The van der Waals surface area contributed by atoms with E-state index in [0.717, 1.165) is 39.0 Å². The van der Waals surface area contributed by atoms with Gasteiger partial charge in [0.15, 0.2) is 0 Å². The monoisotopic (exact) mass is 273 g/mol. The van der Waals surface area contributed by atoms with Crippen LogP contribution in [0.1, 0.15) is 61.4 Å². The predicted octanol–water partition coefficient (Wildman–Crippen LogP) is 2.33. The summed E-state index contributed by atoms with van der Waals surface area (Å²) >= 11 is 0. The molecular weight excluding hydrogens is 250 g/mol. The summed E-state index contributed by atoms with van der Waals surface area (Å²) in [7, 11) is 0. The minimum absolute atomic E-state index is 0.169. The number of nitrogens with one attached hydrogen (secondary N) is 1. The maximum atomic E-state index is 6.16. The molecule has 1 saturated heterocycles. The van der Waals surface area contributed by atoms with Gasteiger partial charge >= 0.3 is 0 Å². The third-order valence-corrected chi connectivity index (χ3v) is 5.30. The van der Waals surface area contributed by atoms with E-state index in [1.165, 1.54) is 42.6 Å². The first kappa shape index (κ1) is 12.7. The Morgan fingerprint density at radius 2 is 2.15 bits per heavy atom.